The largest absolute Gasteiger partial charge is 0.401 e. The van der Waals surface area contributed by atoms with Crippen molar-refractivity contribution in [2.24, 2.45) is 0 Å². The Kier molecular flexibility index (Phi) is 8.24. The normalized spacial score (nSPS) is 12.4. The summed E-state index contributed by atoms with van der Waals surface area (Å²) >= 11 is 5.50. The van der Waals surface area contributed by atoms with Gasteiger partial charge in [0.1, 0.15) is 0 Å². The molecule has 0 aromatic rings. The van der Waals surface area contributed by atoms with Gasteiger partial charge in [-0.05, 0) is 25.9 Å². The molecule has 0 N–H and O–H groups in total. The Balaban J connectivity index is 3.53. The number of nitrogens with zero attached hydrogens (tertiary/aromatic N) is 1. The van der Waals surface area contributed by atoms with E-state index in [4.69, 9.17) is 11.6 Å². The van der Waals surface area contributed by atoms with Crippen LogP contribution in [0.1, 0.15) is 32.6 Å². The zero-order valence-corrected chi connectivity index (χ0v) is 9.87. The molecule has 0 bridgehead atoms. The fourth-order valence-corrected chi connectivity index (χ4v) is 1.57. The van der Waals surface area contributed by atoms with E-state index < -0.39 is 12.7 Å². The minimum absolute atomic E-state index is 0.453. The zero-order valence-electron chi connectivity index (χ0n) is 9.12. The van der Waals surface area contributed by atoms with Crippen molar-refractivity contribution in [2.45, 2.75) is 38.8 Å². The lowest BCUT2D eigenvalue weighted by Gasteiger charge is -2.21. The molecule has 0 aliphatic rings. The standard InChI is InChI=1S/C10H19ClF3N/c1-2-15(9-10(12,13)14)8-6-4-3-5-7-11/h2-9H2,1H3. The number of hydrogen-bond acceptors (Lipinski definition) is 1. The lowest BCUT2D eigenvalue weighted by atomic mass is 10.2. The first-order valence-corrected chi connectivity index (χ1v) is 5.88. The van der Waals surface area contributed by atoms with Gasteiger partial charge >= 0.3 is 6.18 Å². The van der Waals surface area contributed by atoms with Crippen LogP contribution in [0.15, 0.2) is 0 Å². The Morgan fingerprint density at radius 1 is 1.07 bits per heavy atom. The molecule has 5 heteroatoms. The summed E-state index contributed by atoms with van der Waals surface area (Å²) in [6.07, 6.45) is -0.339. The van der Waals surface area contributed by atoms with E-state index >= 15 is 0 Å². The van der Waals surface area contributed by atoms with Gasteiger partial charge in [0, 0.05) is 5.88 Å². The van der Waals surface area contributed by atoms with Gasteiger partial charge in [0.25, 0.3) is 0 Å². The molecule has 0 rings (SSSR count). The summed E-state index contributed by atoms with van der Waals surface area (Å²) in [7, 11) is 0. The minimum atomic E-state index is -4.08. The second kappa shape index (κ2) is 8.22. The summed E-state index contributed by atoms with van der Waals surface area (Å²) in [5.41, 5.74) is 0. The number of rotatable bonds is 8. The molecule has 0 saturated heterocycles. The average Bonchev–Trinajstić information content (AvgIpc) is 2.14. The van der Waals surface area contributed by atoms with Gasteiger partial charge in [0.05, 0.1) is 6.54 Å². The molecule has 15 heavy (non-hydrogen) atoms. The van der Waals surface area contributed by atoms with E-state index in [9.17, 15) is 13.2 Å². The number of unbranched alkanes of at least 4 members (excludes halogenated alkanes) is 3. The topological polar surface area (TPSA) is 3.24 Å². The lowest BCUT2D eigenvalue weighted by Crippen LogP contribution is -2.34. The summed E-state index contributed by atoms with van der Waals surface area (Å²) in [4.78, 5) is 1.43. The highest BCUT2D eigenvalue weighted by molar-refractivity contribution is 6.17. The van der Waals surface area contributed by atoms with E-state index in [0.29, 0.717) is 19.0 Å². The molecule has 0 radical (unpaired) electrons. The molecule has 0 aromatic heterocycles. The van der Waals surface area contributed by atoms with E-state index in [1.54, 1.807) is 6.92 Å². The predicted octanol–water partition coefficient (Wildman–Crippen LogP) is 3.67. The van der Waals surface area contributed by atoms with E-state index in [0.717, 1.165) is 25.7 Å². The summed E-state index contributed by atoms with van der Waals surface area (Å²) in [5, 5.41) is 0. The SMILES string of the molecule is CCN(CCCCCCCl)CC(F)(F)F. The van der Waals surface area contributed by atoms with Crippen LogP contribution in [0.2, 0.25) is 0 Å². The van der Waals surface area contributed by atoms with E-state index in [1.807, 2.05) is 0 Å². The van der Waals surface area contributed by atoms with E-state index in [-0.39, 0.29) is 0 Å². The van der Waals surface area contributed by atoms with Crippen LogP contribution in [0, 0.1) is 0 Å². The van der Waals surface area contributed by atoms with Crippen molar-refractivity contribution in [3.8, 4) is 0 Å². The number of alkyl halides is 4. The van der Waals surface area contributed by atoms with Crippen molar-refractivity contribution < 1.29 is 13.2 Å². The Labute approximate surface area is 94.6 Å². The molecular formula is C10H19ClF3N. The van der Waals surface area contributed by atoms with Gasteiger partial charge in [-0.1, -0.05) is 19.8 Å². The summed E-state index contributed by atoms with van der Waals surface area (Å²) in [6.45, 7) is 1.94. The second-order valence-electron chi connectivity index (χ2n) is 3.59. The van der Waals surface area contributed by atoms with Crippen LogP contribution in [-0.4, -0.2) is 36.6 Å². The van der Waals surface area contributed by atoms with Crippen molar-refractivity contribution in [1.29, 1.82) is 0 Å². The van der Waals surface area contributed by atoms with Gasteiger partial charge in [-0.2, -0.15) is 13.2 Å². The number of hydrogen-bond donors (Lipinski definition) is 0. The molecule has 0 aliphatic heterocycles. The highest BCUT2D eigenvalue weighted by Gasteiger charge is 2.29. The molecule has 0 aliphatic carbocycles. The molecule has 0 saturated carbocycles. The molecule has 0 amide bonds. The summed E-state index contributed by atoms with van der Waals surface area (Å²) in [5.74, 6) is 0.639. The Morgan fingerprint density at radius 3 is 2.13 bits per heavy atom. The first-order chi connectivity index (χ1) is 6.99. The van der Waals surface area contributed by atoms with Gasteiger partial charge in [0.2, 0.25) is 0 Å². The number of halogens is 4. The Bertz CT molecular complexity index is 150. The predicted molar refractivity (Wildman–Crippen MR) is 57.4 cm³/mol. The third-order valence-corrected chi connectivity index (χ3v) is 2.48. The van der Waals surface area contributed by atoms with Crippen LogP contribution in [0.4, 0.5) is 13.2 Å². The maximum atomic E-state index is 12.1. The third kappa shape index (κ3) is 10.3. The fourth-order valence-electron chi connectivity index (χ4n) is 1.39. The lowest BCUT2D eigenvalue weighted by molar-refractivity contribution is -0.145. The average molecular weight is 246 g/mol. The van der Waals surface area contributed by atoms with Crippen LogP contribution in [0.5, 0.6) is 0 Å². The molecule has 0 unspecified atom stereocenters. The van der Waals surface area contributed by atoms with E-state index in [1.165, 1.54) is 4.90 Å². The van der Waals surface area contributed by atoms with Crippen molar-refractivity contribution in [2.75, 3.05) is 25.5 Å². The maximum Gasteiger partial charge on any atom is 0.401 e. The van der Waals surface area contributed by atoms with Crippen molar-refractivity contribution in [1.82, 2.24) is 4.90 Å². The zero-order chi connectivity index (χ0) is 11.7. The monoisotopic (exact) mass is 245 g/mol. The van der Waals surface area contributed by atoms with Gasteiger partial charge in [-0.3, -0.25) is 4.90 Å². The Hall–Kier alpha value is 0.0400. The molecule has 0 atom stereocenters. The first kappa shape index (κ1) is 15.0. The van der Waals surface area contributed by atoms with Crippen molar-refractivity contribution in [3.05, 3.63) is 0 Å². The highest BCUT2D eigenvalue weighted by Crippen LogP contribution is 2.16. The quantitative estimate of drug-likeness (QED) is 0.466. The summed E-state index contributed by atoms with van der Waals surface area (Å²) in [6, 6.07) is 0. The Morgan fingerprint density at radius 2 is 1.67 bits per heavy atom. The van der Waals surface area contributed by atoms with Crippen molar-refractivity contribution >= 4 is 11.6 Å². The van der Waals surface area contributed by atoms with Crippen LogP contribution in [0.25, 0.3) is 0 Å². The first-order valence-electron chi connectivity index (χ1n) is 5.34. The molecule has 1 nitrogen and oxygen atoms in total. The molecule has 0 heterocycles. The van der Waals surface area contributed by atoms with Crippen LogP contribution in [0.3, 0.4) is 0 Å². The third-order valence-electron chi connectivity index (χ3n) is 2.21. The molecule has 0 spiro atoms. The molecular weight excluding hydrogens is 227 g/mol. The highest BCUT2D eigenvalue weighted by atomic mass is 35.5. The van der Waals surface area contributed by atoms with Gasteiger partial charge < -0.3 is 0 Å². The molecule has 0 fully saturated rings. The minimum Gasteiger partial charge on any atom is -0.295 e. The van der Waals surface area contributed by atoms with Crippen molar-refractivity contribution in [3.63, 3.8) is 0 Å². The van der Waals surface area contributed by atoms with Gasteiger partial charge in [0.15, 0.2) is 0 Å². The van der Waals surface area contributed by atoms with Crippen LogP contribution >= 0.6 is 11.6 Å². The summed E-state index contributed by atoms with van der Waals surface area (Å²) < 4.78 is 36.2. The van der Waals surface area contributed by atoms with E-state index in [2.05, 4.69) is 0 Å². The second-order valence-corrected chi connectivity index (χ2v) is 3.97. The molecule has 92 valence electrons. The van der Waals surface area contributed by atoms with Gasteiger partial charge in [-0.15, -0.1) is 11.6 Å². The maximum absolute atomic E-state index is 12.1. The smallest absolute Gasteiger partial charge is 0.295 e. The fraction of sp³-hybridized carbons (Fsp3) is 1.00. The van der Waals surface area contributed by atoms with Crippen LogP contribution in [-0.2, 0) is 0 Å². The van der Waals surface area contributed by atoms with Gasteiger partial charge in [-0.25, -0.2) is 0 Å². The molecule has 0 aromatic carbocycles. The van der Waals surface area contributed by atoms with Crippen LogP contribution < -0.4 is 0 Å².